The van der Waals surface area contributed by atoms with E-state index >= 15 is 0 Å². The molecule has 0 radical (unpaired) electrons. The summed E-state index contributed by atoms with van der Waals surface area (Å²) in [6.45, 7) is 2.29. The number of rotatable bonds is 6. The Kier molecular flexibility index (Phi) is 6.58. The topological polar surface area (TPSA) is 40.6 Å². The van der Waals surface area contributed by atoms with E-state index in [1.807, 2.05) is 23.1 Å². The number of carbonyl (C=O) groups is 2. The molecule has 0 aromatic heterocycles. The number of hydrogen-bond acceptors (Lipinski definition) is 2. The van der Waals surface area contributed by atoms with Gasteiger partial charge in [-0.1, -0.05) is 42.5 Å². The molecule has 0 aliphatic carbocycles. The first kappa shape index (κ1) is 19.1. The molecule has 5 heteroatoms. The zero-order valence-corrected chi connectivity index (χ0v) is 15.4. The molecule has 1 aliphatic heterocycles. The van der Waals surface area contributed by atoms with Crippen molar-refractivity contribution in [3.63, 3.8) is 0 Å². The van der Waals surface area contributed by atoms with Crippen molar-refractivity contribution in [3.05, 3.63) is 71.5 Å². The molecule has 1 saturated heterocycles. The fourth-order valence-electron chi connectivity index (χ4n) is 3.34. The molecular weight excluding hydrogens is 343 g/mol. The smallest absolute Gasteiger partial charge is 0.227 e. The van der Waals surface area contributed by atoms with Crippen LogP contribution in [0.2, 0.25) is 0 Å². The Morgan fingerprint density at radius 2 is 1.37 bits per heavy atom. The Hall–Kier alpha value is -2.69. The predicted octanol–water partition coefficient (Wildman–Crippen LogP) is 3.06. The lowest BCUT2D eigenvalue weighted by Gasteiger charge is -2.35. The molecular formula is C22H25FN2O2. The van der Waals surface area contributed by atoms with E-state index in [4.69, 9.17) is 0 Å². The fraction of sp³-hybridized carbons (Fsp3) is 0.364. The quantitative estimate of drug-likeness (QED) is 0.786. The van der Waals surface area contributed by atoms with Gasteiger partial charge in [0, 0.05) is 32.6 Å². The zero-order chi connectivity index (χ0) is 19.1. The van der Waals surface area contributed by atoms with Crippen LogP contribution in [0.4, 0.5) is 4.39 Å². The van der Waals surface area contributed by atoms with E-state index in [1.54, 1.807) is 17.0 Å². The highest BCUT2D eigenvalue weighted by Gasteiger charge is 2.23. The third-order valence-corrected chi connectivity index (χ3v) is 4.95. The van der Waals surface area contributed by atoms with Gasteiger partial charge >= 0.3 is 0 Å². The normalized spacial score (nSPS) is 14.3. The predicted molar refractivity (Wildman–Crippen MR) is 103 cm³/mol. The number of halogens is 1. The van der Waals surface area contributed by atoms with Crippen LogP contribution in [-0.2, 0) is 22.4 Å². The molecule has 0 bridgehead atoms. The lowest BCUT2D eigenvalue weighted by molar-refractivity contribution is -0.139. The minimum absolute atomic E-state index is 0.0257. The van der Waals surface area contributed by atoms with Crippen LogP contribution >= 0.6 is 0 Å². The van der Waals surface area contributed by atoms with Gasteiger partial charge in [0.15, 0.2) is 0 Å². The number of carbonyl (C=O) groups excluding carboxylic acids is 2. The second-order valence-corrected chi connectivity index (χ2v) is 6.90. The highest BCUT2D eigenvalue weighted by molar-refractivity contribution is 5.80. The fourth-order valence-corrected chi connectivity index (χ4v) is 3.34. The molecule has 0 N–H and O–H groups in total. The van der Waals surface area contributed by atoms with Gasteiger partial charge in [0.25, 0.3) is 0 Å². The molecule has 0 spiro atoms. The van der Waals surface area contributed by atoms with Gasteiger partial charge in [0.05, 0.1) is 6.42 Å². The average molecular weight is 368 g/mol. The Balaban J connectivity index is 1.39. The van der Waals surface area contributed by atoms with Crippen molar-refractivity contribution in [1.82, 2.24) is 9.80 Å². The van der Waals surface area contributed by atoms with Gasteiger partial charge in [-0.05, 0) is 36.1 Å². The van der Waals surface area contributed by atoms with Gasteiger partial charge in [-0.25, -0.2) is 4.39 Å². The van der Waals surface area contributed by atoms with Gasteiger partial charge in [0.2, 0.25) is 11.8 Å². The maximum absolute atomic E-state index is 12.9. The highest BCUT2D eigenvalue weighted by atomic mass is 19.1. The Labute approximate surface area is 159 Å². The number of hydrogen-bond donors (Lipinski definition) is 0. The molecule has 1 aliphatic rings. The molecule has 0 saturated carbocycles. The van der Waals surface area contributed by atoms with Crippen molar-refractivity contribution >= 4 is 11.8 Å². The van der Waals surface area contributed by atoms with Gasteiger partial charge in [-0.15, -0.1) is 0 Å². The van der Waals surface area contributed by atoms with Crippen LogP contribution in [-0.4, -0.2) is 47.8 Å². The summed E-state index contributed by atoms with van der Waals surface area (Å²) in [5.41, 5.74) is 2.06. The number of aryl methyl sites for hydroxylation is 1. The molecule has 1 fully saturated rings. The molecule has 27 heavy (non-hydrogen) atoms. The van der Waals surface area contributed by atoms with Crippen LogP contribution < -0.4 is 0 Å². The number of piperazine rings is 1. The molecule has 142 valence electrons. The third kappa shape index (κ3) is 5.64. The summed E-state index contributed by atoms with van der Waals surface area (Å²) >= 11 is 0. The summed E-state index contributed by atoms with van der Waals surface area (Å²) in [4.78, 5) is 28.4. The first-order valence-electron chi connectivity index (χ1n) is 9.46. The Morgan fingerprint density at radius 3 is 2.00 bits per heavy atom. The van der Waals surface area contributed by atoms with Crippen LogP contribution in [0.15, 0.2) is 54.6 Å². The van der Waals surface area contributed by atoms with Gasteiger partial charge in [0.1, 0.15) is 5.82 Å². The average Bonchev–Trinajstić information content (AvgIpc) is 2.70. The minimum Gasteiger partial charge on any atom is -0.339 e. The highest BCUT2D eigenvalue weighted by Crippen LogP contribution is 2.11. The molecule has 0 unspecified atom stereocenters. The molecule has 2 aromatic carbocycles. The van der Waals surface area contributed by atoms with Crippen LogP contribution in [0, 0.1) is 5.82 Å². The molecule has 0 atom stereocenters. The van der Waals surface area contributed by atoms with E-state index < -0.39 is 0 Å². The van der Waals surface area contributed by atoms with Crippen LogP contribution in [0.25, 0.3) is 0 Å². The van der Waals surface area contributed by atoms with Gasteiger partial charge < -0.3 is 9.80 Å². The van der Waals surface area contributed by atoms with Crippen molar-refractivity contribution in [2.75, 3.05) is 26.2 Å². The van der Waals surface area contributed by atoms with Crippen LogP contribution in [0.1, 0.15) is 24.0 Å². The number of benzene rings is 2. The third-order valence-electron chi connectivity index (χ3n) is 4.95. The number of amides is 2. The Morgan fingerprint density at radius 1 is 0.778 bits per heavy atom. The van der Waals surface area contributed by atoms with Crippen LogP contribution in [0.5, 0.6) is 0 Å². The summed E-state index contributed by atoms with van der Waals surface area (Å²) in [5.74, 6) is -0.111. The summed E-state index contributed by atoms with van der Waals surface area (Å²) in [5, 5.41) is 0. The van der Waals surface area contributed by atoms with Crippen molar-refractivity contribution in [3.8, 4) is 0 Å². The molecule has 2 amide bonds. The first-order chi connectivity index (χ1) is 13.1. The lowest BCUT2D eigenvalue weighted by atomic mass is 10.1. The summed E-state index contributed by atoms with van der Waals surface area (Å²) in [6.07, 6.45) is 2.55. The van der Waals surface area contributed by atoms with Crippen molar-refractivity contribution in [2.45, 2.75) is 25.7 Å². The van der Waals surface area contributed by atoms with Crippen molar-refractivity contribution < 1.29 is 14.0 Å². The SMILES string of the molecule is O=C(CCCc1ccccc1)N1CCN(C(=O)Cc2ccc(F)cc2)CC1. The molecule has 1 heterocycles. The molecule has 2 aromatic rings. The van der Waals surface area contributed by atoms with E-state index in [-0.39, 0.29) is 24.1 Å². The second kappa shape index (κ2) is 9.31. The van der Waals surface area contributed by atoms with Gasteiger partial charge in [-0.3, -0.25) is 9.59 Å². The first-order valence-corrected chi connectivity index (χ1v) is 9.46. The summed E-state index contributed by atoms with van der Waals surface area (Å²) < 4.78 is 12.9. The minimum atomic E-state index is -0.300. The Bertz CT molecular complexity index is 754. The van der Waals surface area contributed by atoms with Crippen LogP contribution in [0.3, 0.4) is 0 Å². The van der Waals surface area contributed by atoms with E-state index in [2.05, 4.69) is 12.1 Å². The van der Waals surface area contributed by atoms with E-state index in [1.165, 1.54) is 17.7 Å². The van der Waals surface area contributed by atoms with E-state index in [0.29, 0.717) is 32.6 Å². The monoisotopic (exact) mass is 368 g/mol. The maximum Gasteiger partial charge on any atom is 0.227 e. The standard InChI is InChI=1S/C22H25FN2O2/c23-20-11-9-19(10-12-20)17-22(27)25-15-13-24(14-16-25)21(26)8-4-7-18-5-2-1-3-6-18/h1-3,5-6,9-12H,4,7-8,13-17H2. The van der Waals surface area contributed by atoms with E-state index in [0.717, 1.165) is 18.4 Å². The van der Waals surface area contributed by atoms with Gasteiger partial charge in [-0.2, -0.15) is 0 Å². The molecule has 3 rings (SSSR count). The summed E-state index contributed by atoms with van der Waals surface area (Å²) in [6, 6.07) is 16.2. The maximum atomic E-state index is 12.9. The van der Waals surface area contributed by atoms with Crippen molar-refractivity contribution in [1.29, 1.82) is 0 Å². The largest absolute Gasteiger partial charge is 0.339 e. The van der Waals surface area contributed by atoms with Crippen molar-refractivity contribution in [2.24, 2.45) is 0 Å². The molecule has 4 nitrogen and oxygen atoms in total. The zero-order valence-electron chi connectivity index (χ0n) is 15.4. The van der Waals surface area contributed by atoms with E-state index in [9.17, 15) is 14.0 Å². The summed E-state index contributed by atoms with van der Waals surface area (Å²) in [7, 11) is 0. The lowest BCUT2D eigenvalue weighted by Crippen LogP contribution is -2.51. The second-order valence-electron chi connectivity index (χ2n) is 6.90. The number of nitrogens with zero attached hydrogens (tertiary/aromatic N) is 2.